The van der Waals surface area contributed by atoms with Crippen LogP contribution in [-0.2, 0) is 4.79 Å². The van der Waals surface area contributed by atoms with Gasteiger partial charge >= 0.3 is 0 Å². The normalized spacial score (nSPS) is 11.5. The van der Waals surface area contributed by atoms with Crippen LogP contribution in [0, 0.1) is 11.3 Å². The van der Waals surface area contributed by atoms with Gasteiger partial charge in [0.25, 0.3) is 0 Å². The summed E-state index contributed by atoms with van der Waals surface area (Å²) in [6, 6.07) is 10.1. The van der Waals surface area contributed by atoms with Crippen LogP contribution in [0.15, 0.2) is 35.5 Å². The quantitative estimate of drug-likeness (QED) is 0.577. The highest BCUT2D eigenvalue weighted by Gasteiger charge is 2.17. The van der Waals surface area contributed by atoms with Crippen molar-refractivity contribution in [3.05, 3.63) is 35.9 Å². The van der Waals surface area contributed by atoms with E-state index in [4.69, 9.17) is 16.7 Å². The molecule has 0 fully saturated rings. The monoisotopic (exact) mass is 314 g/mol. The summed E-state index contributed by atoms with van der Waals surface area (Å²) < 4.78 is 0. The lowest BCUT2D eigenvalue weighted by molar-refractivity contribution is -0.115. The molecule has 0 spiro atoms. The maximum atomic E-state index is 12.2. The second-order valence-electron chi connectivity index (χ2n) is 4.44. The van der Waals surface area contributed by atoms with Crippen LogP contribution in [0.4, 0.5) is 17.3 Å². The predicted octanol–water partition coefficient (Wildman–Crippen LogP) is 1.63. The number of amides is 1. The maximum absolute atomic E-state index is 12.2. The van der Waals surface area contributed by atoms with Gasteiger partial charge in [0.2, 0.25) is 5.91 Å². The second kappa shape index (κ2) is 6.78. The molecule has 1 aromatic heterocycles. The highest BCUT2D eigenvalue weighted by Crippen LogP contribution is 2.22. The first-order chi connectivity index (χ1) is 10.5. The zero-order chi connectivity index (χ0) is 16.1. The average molecular weight is 314 g/mol. The van der Waals surface area contributed by atoms with E-state index < -0.39 is 5.25 Å². The summed E-state index contributed by atoms with van der Waals surface area (Å²) in [5.74, 6) is 0.276. The molecule has 1 amide bonds. The number of nitriles is 1. The molecule has 22 heavy (non-hydrogen) atoms. The number of hydrogen-bond acceptors (Lipinski definition) is 7. The SMILES string of the molecule is CC(Sc1nc(N)cc(N)n1)C(=O)Nc1cccc(C#N)c1. The highest BCUT2D eigenvalue weighted by molar-refractivity contribution is 8.00. The van der Waals surface area contributed by atoms with Crippen LogP contribution >= 0.6 is 11.8 Å². The molecule has 5 N–H and O–H groups in total. The molecule has 1 heterocycles. The number of aromatic nitrogens is 2. The van der Waals surface area contributed by atoms with Crippen molar-refractivity contribution in [2.24, 2.45) is 0 Å². The first-order valence-electron chi connectivity index (χ1n) is 6.35. The minimum absolute atomic E-state index is 0.232. The maximum Gasteiger partial charge on any atom is 0.237 e. The molecule has 8 heteroatoms. The molecule has 1 unspecified atom stereocenters. The van der Waals surface area contributed by atoms with E-state index in [1.54, 1.807) is 31.2 Å². The lowest BCUT2D eigenvalue weighted by atomic mass is 10.2. The fraction of sp³-hybridized carbons (Fsp3) is 0.143. The van der Waals surface area contributed by atoms with Gasteiger partial charge in [0, 0.05) is 11.8 Å². The number of carbonyl (C=O) groups excluding carboxylic acids is 1. The van der Waals surface area contributed by atoms with Crippen LogP contribution in [0.1, 0.15) is 12.5 Å². The van der Waals surface area contributed by atoms with Crippen LogP contribution in [0.25, 0.3) is 0 Å². The summed E-state index contributed by atoms with van der Waals surface area (Å²) in [4.78, 5) is 20.2. The molecule has 0 aliphatic heterocycles. The van der Waals surface area contributed by atoms with Crippen molar-refractivity contribution in [1.29, 1.82) is 5.26 Å². The van der Waals surface area contributed by atoms with E-state index in [0.29, 0.717) is 16.4 Å². The standard InChI is InChI=1S/C14H14N6OS/c1-8(22-14-19-11(16)6-12(17)20-14)13(21)18-10-4-2-3-9(5-10)7-15/h2-6,8H,1H3,(H,18,21)(H4,16,17,19,20). The Balaban J connectivity index is 2.04. The Bertz CT molecular complexity index is 722. The van der Waals surface area contributed by atoms with Crippen LogP contribution in [0.2, 0.25) is 0 Å². The van der Waals surface area contributed by atoms with E-state index in [1.807, 2.05) is 6.07 Å². The summed E-state index contributed by atoms with van der Waals surface area (Å²) in [6.45, 7) is 1.72. The van der Waals surface area contributed by atoms with Gasteiger partial charge in [0.15, 0.2) is 5.16 Å². The van der Waals surface area contributed by atoms with Crippen molar-refractivity contribution in [3.63, 3.8) is 0 Å². The van der Waals surface area contributed by atoms with Crippen LogP contribution < -0.4 is 16.8 Å². The number of nitrogens with one attached hydrogen (secondary N) is 1. The van der Waals surface area contributed by atoms with Crippen LogP contribution in [0.5, 0.6) is 0 Å². The Kier molecular flexibility index (Phi) is 4.80. The summed E-state index contributed by atoms with van der Waals surface area (Å²) in [6.07, 6.45) is 0. The number of anilines is 3. The number of thioether (sulfide) groups is 1. The van der Waals surface area contributed by atoms with Gasteiger partial charge in [-0.3, -0.25) is 4.79 Å². The Hall–Kier alpha value is -2.79. The number of hydrogen-bond donors (Lipinski definition) is 3. The van der Waals surface area contributed by atoms with Gasteiger partial charge in [-0.15, -0.1) is 0 Å². The van der Waals surface area contributed by atoms with E-state index in [-0.39, 0.29) is 17.5 Å². The lowest BCUT2D eigenvalue weighted by Gasteiger charge is -2.11. The molecule has 0 aliphatic carbocycles. The first kappa shape index (κ1) is 15.6. The fourth-order valence-electron chi connectivity index (χ4n) is 1.64. The van der Waals surface area contributed by atoms with Crippen molar-refractivity contribution < 1.29 is 4.79 Å². The molecule has 112 valence electrons. The van der Waals surface area contributed by atoms with Gasteiger partial charge < -0.3 is 16.8 Å². The van der Waals surface area contributed by atoms with E-state index >= 15 is 0 Å². The van der Waals surface area contributed by atoms with Crippen molar-refractivity contribution in [1.82, 2.24) is 9.97 Å². The Morgan fingerprint density at radius 1 is 1.32 bits per heavy atom. The first-order valence-corrected chi connectivity index (χ1v) is 7.23. The predicted molar refractivity (Wildman–Crippen MR) is 86.0 cm³/mol. The smallest absolute Gasteiger partial charge is 0.237 e. The van der Waals surface area contributed by atoms with Crippen molar-refractivity contribution in [2.45, 2.75) is 17.3 Å². The summed E-state index contributed by atoms with van der Waals surface area (Å²) >= 11 is 1.15. The van der Waals surface area contributed by atoms with Gasteiger partial charge in [-0.2, -0.15) is 5.26 Å². The molecule has 0 aliphatic rings. The molecule has 2 aromatic rings. The van der Waals surface area contributed by atoms with Gasteiger partial charge in [-0.25, -0.2) is 9.97 Å². The lowest BCUT2D eigenvalue weighted by Crippen LogP contribution is -2.22. The molecule has 1 atom stereocenters. The summed E-state index contributed by atoms with van der Waals surface area (Å²) in [5, 5.41) is 11.5. The largest absolute Gasteiger partial charge is 0.383 e. The van der Waals surface area contributed by atoms with Gasteiger partial charge in [-0.1, -0.05) is 17.8 Å². The molecule has 2 rings (SSSR count). The number of benzene rings is 1. The summed E-state index contributed by atoms with van der Waals surface area (Å²) in [7, 11) is 0. The second-order valence-corrected chi connectivity index (χ2v) is 5.75. The number of nitrogens with zero attached hydrogens (tertiary/aromatic N) is 3. The molecule has 0 bridgehead atoms. The molecule has 0 radical (unpaired) electrons. The van der Waals surface area contributed by atoms with Crippen LogP contribution in [-0.4, -0.2) is 21.1 Å². The zero-order valence-electron chi connectivity index (χ0n) is 11.8. The minimum atomic E-state index is -0.452. The zero-order valence-corrected chi connectivity index (χ0v) is 12.6. The number of carbonyl (C=O) groups is 1. The molecule has 1 aromatic carbocycles. The van der Waals surface area contributed by atoms with E-state index in [9.17, 15) is 4.79 Å². The van der Waals surface area contributed by atoms with Crippen molar-refractivity contribution in [2.75, 3.05) is 16.8 Å². The Labute approximate surface area is 131 Å². The van der Waals surface area contributed by atoms with Crippen LogP contribution in [0.3, 0.4) is 0 Å². The molecule has 0 saturated carbocycles. The van der Waals surface area contributed by atoms with Gasteiger partial charge in [0.1, 0.15) is 11.6 Å². The molecular weight excluding hydrogens is 300 g/mol. The Morgan fingerprint density at radius 2 is 2.00 bits per heavy atom. The molecular formula is C14H14N6OS. The van der Waals surface area contributed by atoms with E-state index in [2.05, 4.69) is 15.3 Å². The third-order valence-corrected chi connectivity index (χ3v) is 3.62. The summed E-state index contributed by atoms with van der Waals surface area (Å²) in [5.41, 5.74) is 12.2. The van der Waals surface area contributed by atoms with Gasteiger partial charge in [-0.05, 0) is 25.1 Å². The number of rotatable bonds is 4. The number of nitrogen functional groups attached to an aromatic ring is 2. The third kappa shape index (κ3) is 4.10. The van der Waals surface area contributed by atoms with E-state index in [0.717, 1.165) is 11.8 Å². The van der Waals surface area contributed by atoms with Gasteiger partial charge in [0.05, 0.1) is 16.9 Å². The molecule has 7 nitrogen and oxygen atoms in total. The minimum Gasteiger partial charge on any atom is -0.383 e. The topological polar surface area (TPSA) is 131 Å². The van der Waals surface area contributed by atoms with Crippen molar-refractivity contribution in [3.8, 4) is 6.07 Å². The van der Waals surface area contributed by atoms with Crippen molar-refractivity contribution >= 4 is 35.0 Å². The van der Waals surface area contributed by atoms with E-state index in [1.165, 1.54) is 6.07 Å². The fourth-order valence-corrected chi connectivity index (χ4v) is 2.44. The Morgan fingerprint density at radius 3 is 2.64 bits per heavy atom. The average Bonchev–Trinajstić information content (AvgIpc) is 2.46. The highest BCUT2D eigenvalue weighted by atomic mass is 32.2. The molecule has 0 saturated heterocycles. The number of nitrogens with two attached hydrogens (primary N) is 2. The third-order valence-electron chi connectivity index (χ3n) is 2.66.